The zero-order chi connectivity index (χ0) is 27.1. The van der Waals surface area contributed by atoms with Crippen molar-refractivity contribution < 1.29 is 35.9 Å². The molecule has 0 aliphatic rings. The van der Waals surface area contributed by atoms with Gasteiger partial charge in [0.15, 0.2) is 5.82 Å². The molecular formula is C22H14F6N6O2S. The van der Waals surface area contributed by atoms with Gasteiger partial charge in [-0.15, -0.1) is 21.5 Å². The monoisotopic (exact) mass is 540 g/mol. The van der Waals surface area contributed by atoms with Crippen molar-refractivity contribution in [1.29, 1.82) is 5.26 Å². The number of rotatable bonds is 5. The van der Waals surface area contributed by atoms with Gasteiger partial charge in [-0.05, 0) is 31.2 Å². The average molecular weight is 540 g/mol. The Morgan fingerprint density at radius 1 is 1.19 bits per heavy atom. The van der Waals surface area contributed by atoms with Crippen LogP contribution < -0.4 is 5.32 Å². The first kappa shape index (κ1) is 25.9. The topological polar surface area (TPSA) is 106 Å². The molecule has 0 aliphatic heterocycles. The normalized spacial score (nSPS) is 12.8. The molecule has 3 aromatic heterocycles. The first-order valence-corrected chi connectivity index (χ1v) is 11.0. The molecule has 0 saturated heterocycles. The van der Waals surface area contributed by atoms with Crippen molar-refractivity contribution >= 4 is 33.1 Å². The van der Waals surface area contributed by atoms with E-state index >= 15 is 0 Å². The van der Waals surface area contributed by atoms with E-state index < -0.39 is 45.6 Å². The van der Waals surface area contributed by atoms with Crippen LogP contribution >= 0.6 is 11.3 Å². The van der Waals surface area contributed by atoms with Gasteiger partial charge < -0.3 is 10.1 Å². The lowest BCUT2D eigenvalue weighted by molar-refractivity contribution is -0.142. The number of esters is 1. The van der Waals surface area contributed by atoms with Gasteiger partial charge in [0, 0.05) is 16.3 Å². The van der Waals surface area contributed by atoms with Crippen LogP contribution in [0.2, 0.25) is 0 Å². The fraction of sp³-hybridized carbons (Fsp3) is 0.227. The minimum atomic E-state index is -5.12. The quantitative estimate of drug-likeness (QED) is 0.254. The lowest BCUT2D eigenvalue weighted by atomic mass is 10.0. The molecule has 3 heterocycles. The van der Waals surface area contributed by atoms with Gasteiger partial charge in [0.05, 0.1) is 35.5 Å². The molecule has 4 rings (SSSR count). The molecule has 0 bridgehead atoms. The third-order valence-corrected chi connectivity index (χ3v) is 6.46. The zero-order valence-electron chi connectivity index (χ0n) is 18.8. The van der Waals surface area contributed by atoms with Gasteiger partial charge >= 0.3 is 18.3 Å². The van der Waals surface area contributed by atoms with Gasteiger partial charge in [0.25, 0.3) is 0 Å². The third kappa shape index (κ3) is 4.92. The molecule has 0 radical (unpaired) electrons. The number of nitrogens with one attached hydrogen (secondary N) is 1. The molecule has 1 aromatic carbocycles. The van der Waals surface area contributed by atoms with Crippen LogP contribution in [0.3, 0.4) is 0 Å². The highest BCUT2D eigenvalue weighted by atomic mass is 32.1. The maximum atomic E-state index is 13.7. The Labute approximate surface area is 208 Å². The van der Waals surface area contributed by atoms with Crippen molar-refractivity contribution in [1.82, 2.24) is 19.7 Å². The summed E-state index contributed by atoms with van der Waals surface area (Å²) in [7, 11) is 0.999. The first-order valence-electron chi connectivity index (χ1n) is 10.2. The van der Waals surface area contributed by atoms with Crippen molar-refractivity contribution in [2.75, 3.05) is 12.4 Å². The van der Waals surface area contributed by atoms with Gasteiger partial charge in [0.2, 0.25) is 0 Å². The maximum Gasteiger partial charge on any atom is 0.417 e. The molecule has 0 amide bonds. The number of hydrogen-bond acceptors (Lipinski definition) is 8. The largest absolute Gasteiger partial charge is 0.465 e. The molecule has 37 heavy (non-hydrogen) atoms. The Bertz CT molecular complexity index is 1520. The molecule has 1 unspecified atom stereocenters. The minimum absolute atomic E-state index is 0.0142. The number of pyridine rings is 1. The number of benzene rings is 1. The molecule has 0 spiro atoms. The van der Waals surface area contributed by atoms with Crippen LogP contribution in [0.4, 0.5) is 32.0 Å². The molecule has 0 aliphatic carbocycles. The van der Waals surface area contributed by atoms with E-state index in [-0.39, 0.29) is 28.0 Å². The van der Waals surface area contributed by atoms with Gasteiger partial charge in [-0.25, -0.2) is 9.78 Å². The van der Waals surface area contributed by atoms with E-state index in [0.717, 1.165) is 7.11 Å². The molecule has 4 aromatic rings. The smallest absolute Gasteiger partial charge is 0.417 e. The Kier molecular flexibility index (Phi) is 6.55. The molecule has 0 saturated carbocycles. The number of thiophene rings is 1. The summed E-state index contributed by atoms with van der Waals surface area (Å²) in [6.45, 7) is 1.52. The summed E-state index contributed by atoms with van der Waals surface area (Å²) in [5, 5.41) is 19.1. The number of anilines is 1. The SMILES string of the molecule is COC(=O)c1sc2c(C(F)(F)F)cc(C(F)(F)F)cc2c1NC(C)c1nncn1-c1ccc(C#N)cn1. The molecule has 1 N–H and O–H groups in total. The summed E-state index contributed by atoms with van der Waals surface area (Å²) in [5.74, 6) is -0.557. The summed E-state index contributed by atoms with van der Waals surface area (Å²) >= 11 is 0.363. The number of nitriles is 1. The van der Waals surface area contributed by atoms with Gasteiger partial charge in [-0.3, -0.25) is 4.57 Å². The van der Waals surface area contributed by atoms with Crippen LogP contribution in [0.5, 0.6) is 0 Å². The van der Waals surface area contributed by atoms with E-state index in [9.17, 15) is 31.1 Å². The predicted octanol–water partition coefficient (Wildman–Crippen LogP) is 5.75. The van der Waals surface area contributed by atoms with E-state index in [1.807, 2.05) is 6.07 Å². The van der Waals surface area contributed by atoms with Crippen LogP contribution in [-0.2, 0) is 17.1 Å². The van der Waals surface area contributed by atoms with E-state index in [0.29, 0.717) is 23.2 Å². The second kappa shape index (κ2) is 9.36. The minimum Gasteiger partial charge on any atom is -0.465 e. The van der Waals surface area contributed by atoms with E-state index in [2.05, 4.69) is 25.2 Å². The van der Waals surface area contributed by atoms with Crippen LogP contribution in [0, 0.1) is 11.3 Å². The Morgan fingerprint density at radius 3 is 2.49 bits per heavy atom. The first-order chi connectivity index (χ1) is 17.3. The van der Waals surface area contributed by atoms with Crippen LogP contribution in [0.15, 0.2) is 36.8 Å². The van der Waals surface area contributed by atoms with Crippen molar-refractivity contribution in [3.05, 3.63) is 64.2 Å². The predicted molar refractivity (Wildman–Crippen MR) is 119 cm³/mol. The second-order valence-electron chi connectivity index (χ2n) is 7.64. The molecule has 192 valence electrons. The Hall–Kier alpha value is -4.19. The number of methoxy groups -OCH3 is 1. The van der Waals surface area contributed by atoms with Gasteiger partial charge in [-0.2, -0.15) is 31.6 Å². The van der Waals surface area contributed by atoms with E-state index in [1.54, 1.807) is 0 Å². The average Bonchev–Trinajstić information content (AvgIpc) is 3.47. The standard InChI is InChI=1S/C22H14F6N6O2S/c1-10(19-33-31-9-34(19)15-4-3-11(7-29)8-30-15)32-16-13-5-12(21(23,24)25)6-14(22(26,27)28)17(13)37-18(16)20(35)36-2/h3-6,8-10,32H,1-2H3. The zero-order valence-corrected chi connectivity index (χ0v) is 19.6. The van der Waals surface area contributed by atoms with Crippen molar-refractivity contribution in [3.63, 3.8) is 0 Å². The number of aromatic nitrogens is 4. The number of fused-ring (bicyclic) bond motifs is 1. The number of hydrogen-bond donors (Lipinski definition) is 1. The highest BCUT2D eigenvalue weighted by molar-refractivity contribution is 7.21. The number of carbonyl (C=O) groups is 1. The number of alkyl halides is 6. The van der Waals surface area contributed by atoms with Crippen LogP contribution in [0.1, 0.15) is 45.2 Å². The molecule has 8 nitrogen and oxygen atoms in total. The summed E-state index contributed by atoms with van der Waals surface area (Å²) in [4.78, 5) is 16.2. The van der Waals surface area contributed by atoms with Crippen molar-refractivity contribution in [2.45, 2.75) is 25.3 Å². The van der Waals surface area contributed by atoms with Gasteiger partial charge in [0.1, 0.15) is 23.1 Å². The van der Waals surface area contributed by atoms with Crippen molar-refractivity contribution in [2.24, 2.45) is 0 Å². The summed E-state index contributed by atoms with van der Waals surface area (Å²) in [5.41, 5.74) is -3.04. The highest BCUT2D eigenvalue weighted by Crippen LogP contribution is 2.47. The second-order valence-corrected chi connectivity index (χ2v) is 8.66. The van der Waals surface area contributed by atoms with Gasteiger partial charge in [-0.1, -0.05) is 0 Å². The lowest BCUT2D eigenvalue weighted by Crippen LogP contribution is -2.15. The Balaban J connectivity index is 1.87. The number of carbonyl (C=O) groups excluding carboxylic acids is 1. The highest BCUT2D eigenvalue weighted by Gasteiger charge is 2.40. The fourth-order valence-electron chi connectivity index (χ4n) is 3.55. The number of halogens is 6. The Morgan fingerprint density at radius 2 is 1.92 bits per heavy atom. The molecular weight excluding hydrogens is 526 g/mol. The third-order valence-electron chi connectivity index (χ3n) is 5.24. The van der Waals surface area contributed by atoms with Crippen molar-refractivity contribution in [3.8, 4) is 11.9 Å². The number of ether oxygens (including phenoxy) is 1. The summed E-state index contributed by atoms with van der Waals surface area (Å²) in [6, 6.07) is 4.59. The number of nitrogens with zero attached hydrogens (tertiary/aromatic N) is 5. The summed E-state index contributed by atoms with van der Waals surface area (Å²) in [6.07, 6.45) is -7.61. The van der Waals surface area contributed by atoms with Crippen LogP contribution in [0.25, 0.3) is 15.9 Å². The fourth-order valence-corrected chi connectivity index (χ4v) is 4.74. The van der Waals surface area contributed by atoms with Crippen LogP contribution in [-0.4, -0.2) is 32.8 Å². The maximum absolute atomic E-state index is 13.7. The lowest BCUT2D eigenvalue weighted by Gasteiger charge is -2.17. The molecule has 1 atom stereocenters. The van der Waals surface area contributed by atoms with E-state index in [1.165, 1.54) is 36.1 Å². The summed E-state index contributed by atoms with van der Waals surface area (Å²) < 4.78 is 87.3. The molecule has 15 heteroatoms. The van der Waals surface area contributed by atoms with E-state index in [4.69, 9.17) is 5.26 Å². The molecule has 0 fully saturated rings.